The number of hydrogen-bond donors (Lipinski definition) is 4. The molecule has 43 heteroatoms. The van der Waals surface area contributed by atoms with Crippen molar-refractivity contribution in [2.45, 2.75) is 51.2 Å². The van der Waals surface area contributed by atoms with Gasteiger partial charge < -0.3 is 4.90 Å². The summed E-state index contributed by atoms with van der Waals surface area (Å²) in [6, 6.07) is 47.0. The second-order valence-corrected chi connectivity index (χ2v) is 34.5. The Balaban J connectivity index is 0.000000145. The summed E-state index contributed by atoms with van der Waals surface area (Å²) in [5, 5.41) is 35.0. The molecule has 13 aromatic rings. The van der Waals surface area contributed by atoms with E-state index in [1.165, 1.54) is 78.9 Å². The van der Waals surface area contributed by atoms with E-state index in [-0.39, 0.29) is 65.8 Å². The Kier molecular flexibility index (Phi) is 25.4. The third kappa shape index (κ3) is 21.0. The Labute approximate surface area is 714 Å². The second kappa shape index (κ2) is 35.5. The van der Waals surface area contributed by atoms with Crippen LogP contribution >= 0.6 is 0 Å². The first-order chi connectivity index (χ1) is 59.6. The minimum Gasteiger partial charge on any atom is -0.377 e. The molecule has 0 fully saturated rings. The van der Waals surface area contributed by atoms with E-state index in [0.717, 1.165) is 112 Å². The first kappa shape index (κ1) is 91.1. The maximum atomic E-state index is 14.7. The summed E-state index contributed by atoms with van der Waals surface area (Å²) in [5.74, 6) is -1.94. The average Bonchev–Trinajstić information content (AvgIpc) is 1.62. The summed E-state index contributed by atoms with van der Waals surface area (Å²) in [6.45, 7) is 3.10. The van der Waals surface area contributed by atoms with Gasteiger partial charge in [-0.25, -0.2) is 81.7 Å². The van der Waals surface area contributed by atoms with E-state index in [2.05, 4.69) is 40.4 Å². The number of primary sulfonamides is 4. The number of anilines is 1. The van der Waals surface area contributed by atoms with Crippen LogP contribution in [0.15, 0.2) is 271 Å². The lowest BCUT2D eigenvalue weighted by atomic mass is 9.98. The lowest BCUT2D eigenvalue weighted by Gasteiger charge is -2.20. The Morgan fingerprint density at radius 3 is 1.09 bits per heavy atom. The van der Waals surface area contributed by atoms with Crippen LogP contribution in [0.2, 0.25) is 0 Å². The van der Waals surface area contributed by atoms with Gasteiger partial charge in [-0.15, -0.1) is 0 Å². The van der Waals surface area contributed by atoms with Crippen LogP contribution < -0.4 is 25.5 Å². The van der Waals surface area contributed by atoms with Crippen LogP contribution in [0.3, 0.4) is 0 Å². The van der Waals surface area contributed by atoms with Gasteiger partial charge in [0.2, 0.25) is 40.1 Å². The van der Waals surface area contributed by atoms with Gasteiger partial charge in [0.15, 0.2) is 22.8 Å². The maximum absolute atomic E-state index is 14.7. The predicted octanol–water partition coefficient (Wildman–Crippen LogP) is 15.9. The topological polar surface area (TPSA) is 365 Å². The molecule has 3 aliphatic rings. The molecule has 3 aliphatic heterocycles. The van der Waals surface area contributed by atoms with Crippen LogP contribution in [-0.2, 0) is 64.8 Å². The first-order valence-electron chi connectivity index (χ1n) is 36.8. The Hall–Kier alpha value is -13.6. The lowest BCUT2D eigenvalue weighted by molar-refractivity contribution is -0.142. The molecule has 0 spiro atoms. The second-order valence-electron chi connectivity index (χ2n) is 28.3. The van der Waals surface area contributed by atoms with Gasteiger partial charge in [-0.1, -0.05) is 42.5 Å². The van der Waals surface area contributed by atoms with E-state index >= 15 is 0 Å². The van der Waals surface area contributed by atoms with Crippen LogP contribution in [0.5, 0.6) is 0 Å². The highest BCUT2D eigenvalue weighted by atomic mass is 32.2. The number of aromatic nitrogens is 9. The number of nitrogens with zero attached hydrogens (tertiary/aromatic N) is 13. The molecular formula is C84H65F14N17O8S4. The summed E-state index contributed by atoms with van der Waals surface area (Å²) < 4.78 is 287. The number of allylic oxidation sites excluding steroid dienone is 3. The van der Waals surface area contributed by atoms with Crippen LogP contribution in [0.1, 0.15) is 45.0 Å². The van der Waals surface area contributed by atoms with E-state index < -0.39 is 104 Å². The zero-order valence-electron chi connectivity index (χ0n) is 65.7. The standard InChI is InChI=1S/C22H16F4N4O2S.C22H20F3N5O2S.C20H14F4N4O2S.C20H15F3N4O2S/c1-13-2-3-15(14-6-8-28-9-7-14)10-17(13)19-12-21(22(24,25)26)29-30(19)16-4-5-20(18(23)11-16)33(27,31)32;1-29(2)19-8-3-14(15-9-10-27-13-15)11-18(19)20-12-21(22(23,24)25)28-30(20)16-4-6-17(7-5-16)33(26,31)32;21-17-6-1-12(13-7-8-26-11-13)9-16(17)18-10-19(20(22,23)24)27-28(18)14-2-4-15(5-3-14)31(25,29)30;21-20(22,23)19-11-18(14-3-1-2-13(10-14)15-8-9-25-12-15)27(26-19)16-4-6-17(7-5-16)30(24,28)29/h2-12H,1H3,(H2,27,31,32);3-12H,13H2,1-2H3,(H2,26,31,32);1-10H,11H2,(H2,25,29,30);1-11H,12H2,(H2,24,28,29). The van der Waals surface area contributed by atoms with Gasteiger partial charge in [0.05, 0.1) is 79.8 Å². The van der Waals surface area contributed by atoms with Gasteiger partial charge in [0.1, 0.15) is 16.5 Å². The molecule has 0 atom stereocenters. The van der Waals surface area contributed by atoms with Crippen molar-refractivity contribution in [3.05, 3.63) is 294 Å². The molecule has 0 unspecified atom stereocenters. The molecule has 16 rings (SSSR count). The van der Waals surface area contributed by atoms with Gasteiger partial charge in [0.25, 0.3) is 0 Å². The van der Waals surface area contributed by atoms with Crippen molar-refractivity contribution in [1.29, 1.82) is 0 Å². The van der Waals surface area contributed by atoms with Crippen molar-refractivity contribution in [2.24, 2.45) is 35.5 Å². The fourth-order valence-electron chi connectivity index (χ4n) is 13.2. The molecular weight excluding hydrogens is 1770 g/mol. The third-order valence-electron chi connectivity index (χ3n) is 19.4. The summed E-state index contributed by atoms with van der Waals surface area (Å²) in [7, 11) is -12.6. The average molecular weight is 1830 g/mol. The zero-order chi connectivity index (χ0) is 91.8. The van der Waals surface area contributed by atoms with Crippen LogP contribution in [-0.4, -0.2) is 130 Å². The summed E-state index contributed by atoms with van der Waals surface area (Å²) in [6.07, 6.45) is -5.23. The Morgan fingerprint density at radius 2 is 0.693 bits per heavy atom. The van der Waals surface area contributed by atoms with Gasteiger partial charge in [-0.2, -0.15) is 73.1 Å². The van der Waals surface area contributed by atoms with Crippen molar-refractivity contribution in [2.75, 3.05) is 38.6 Å². The SMILES string of the molecule is CN(C)c1ccc(C2=CC=NC2)cc1-c1cc(C(F)(F)F)nn1-c1ccc(S(N)(=O)=O)cc1.Cc1ccc(-c2ccncc2)cc1-c1cc(C(F)(F)F)nn1-c1ccc(S(N)(=O)=O)c(F)c1.NS(=O)(=O)c1ccc(-n2nc(C(F)(F)F)cc2-c2cc(C3=CC=NC3)ccc2F)cc1.NS(=O)(=O)c1ccc(-n2nc(C(F)(F)F)cc2-c2cccc(C3=CC=NC3)c2)cc1. The highest BCUT2D eigenvalue weighted by Crippen LogP contribution is 2.43. The number of aryl methyl sites for hydroxylation is 1. The quantitative estimate of drug-likeness (QED) is 0.0616. The lowest BCUT2D eigenvalue weighted by Crippen LogP contribution is -2.14. The Bertz CT molecular complexity index is 7110. The number of aliphatic imine (C=N–C) groups is 3. The van der Waals surface area contributed by atoms with Crippen LogP contribution in [0, 0.1) is 18.6 Å². The smallest absolute Gasteiger partial charge is 0.377 e. The monoisotopic (exact) mass is 1830 g/mol. The van der Waals surface area contributed by atoms with Crippen molar-refractivity contribution in [3.8, 4) is 78.9 Å². The van der Waals surface area contributed by atoms with Gasteiger partial charge >= 0.3 is 24.7 Å². The number of nitrogens with two attached hydrogens (primary N) is 4. The molecule has 656 valence electrons. The summed E-state index contributed by atoms with van der Waals surface area (Å²) in [4.78, 5) is 16.8. The molecule has 0 amide bonds. The Morgan fingerprint density at radius 1 is 0.339 bits per heavy atom. The minimum atomic E-state index is -4.77. The molecule has 25 nitrogen and oxygen atoms in total. The van der Waals surface area contributed by atoms with Gasteiger partial charge in [-0.05, 0) is 233 Å². The number of rotatable bonds is 17. The number of sulfonamides is 4. The van der Waals surface area contributed by atoms with Crippen molar-refractivity contribution >= 4 is 81.1 Å². The molecule has 0 saturated carbocycles. The number of pyridine rings is 1. The molecule has 0 aliphatic carbocycles. The highest BCUT2D eigenvalue weighted by Gasteiger charge is 2.40. The van der Waals surface area contributed by atoms with E-state index in [1.54, 1.807) is 105 Å². The number of halogens is 14. The largest absolute Gasteiger partial charge is 0.435 e. The minimum absolute atomic E-state index is 0.0542. The molecule has 0 bridgehead atoms. The third-order valence-corrected chi connectivity index (χ3v) is 23.1. The van der Waals surface area contributed by atoms with E-state index in [4.69, 9.17) is 20.6 Å². The summed E-state index contributed by atoms with van der Waals surface area (Å²) in [5.41, 5.74) is 5.60. The fourth-order valence-corrected chi connectivity index (χ4v) is 15.3. The molecule has 5 aromatic heterocycles. The van der Waals surface area contributed by atoms with Gasteiger partial charge in [-0.3, -0.25) is 20.0 Å². The molecule has 0 radical (unpaired) electrons. The number of benzene rings is 8. The summed E-state index contributed by atoms with van der Waals surface area (Å²) >= 11 is 0. The van der Waals surface area contributed by atoms with E-state index in [1.807, 2.05) is 42.5 Å². The van der Waals surface area contributed by atoms with Crippen LogP contribution in [0.25, 0.3) is 95.6 Å². The maximum Gasteiger partial charge on any atom is 0.435 e. The molecule has 8 aromatic carbocycles. The van der Waals surface area contributed by atoms with Gasteiger partial charge in [0, 0.05) is 79.1 Å². The van der Waals surface area contributed by atoms with Crippen LogP contribution in [0.4, 0.5) is 67.2 Å². The number of hydrogen-bond acceptors (Lipinski definition) is 17. The molecule has 127 heavy (non-hydrogen) atoms. The first-order valence-corrected chi connectivity index (χ1v) is 43.0. The predicted molar refractivity (Wildman–Crippen MR) is 448 cm³/mol. The van der Waals surface area contributed by atoms with E-state index in [0.29, 0.717) is 53.1 Å². The van der Waals surface area contributed by atoms with Crippen molar-refractivity contribution in [3.63, 3.8) is 0 Å². The normalized spacial score (nSPS) is 13.6. The van der Waals surface area contributed by atoms with Crippen molar-refractivity contribution in [1.82, 2.24) is 44.1 Å². The van der Waals surface area contributed by atoms with Crippen molar-refractivity contribution < 1.29 is 95.1 Å². The molecule has 8 N–H and O–H groups in total. The zero-order valence-corrected chi connectivity index (χ0v) is 68.9. The fraction of sp³-hybridized carbons (Fsp3) is 0.119. The van der Waals surface area contributed by atoms with E-state index in [9.17, 15) is 95.1 Å². The number of alkyl halides is 12. The highest BCUT2D eigenvalue weighted by molar-refractivity contribution is 7.90. The molecule has 0 saturated heterocycles. The molecule has 8 heterocycles.